The fraction of sp³-hybridized carbons (Fsp3) is 0.571. The average Bonchev–Trinajstić information content (AvgIpc) is 2.22. The van der Waals surface area contributed by atoms with Gasteiger partial charge >= 0.3 is 0 Å². The lowest BCUT2D eigenvalue weighted by atomic mass is 10.0. The third-order valence-corrected chi connectivity index (χ3v) is 2.90. The highest BCUT2D eigenvalue weighted by Gasteiger charge is 1.96. The van der Waals surface area contributed by atoms with Crippen molar-refractivity contribution < 1.29 is 0 Å². The van der Waals surface area contributed by atoms with E-state index in [4.69, 9.17) is 0 Å². The molecule has 1 rings (SSSR count). The van der Waals surface area contributed by atoms with Crippen molar-refractivity contribution in [1.82, 2.24) is 10.2 Å². The molecule has 0 aliphatic carbocycles. The predicted octanol–water partition coefficient (Wildman–Crippen LogP) is 2.00. The first-order chi connectivity index (χ1) is 7.59. The number of hydrogen-bond donors (Lipinski definition) is 1. The molecular formula is C14H24N2. The van der Waals surface area contributed by atoms with Crippen LogP contribution >= 0.6 is 0 Å². The first kappa shape index (κ1) is 13.2. The van der Waals surface area contributed by atoms with E-state index in [0.717, 1.165) is 26.1 Å². The number of aryl methyl sites for hydroxylation is 2. The fourth-order valence-corrected chi connectivity index (χ4v) is 1.62. The van der Waals surface area contributed by atoms with Crippen molar-refractivity contribution in [2.45, 2.75) is 20.3 Å². The SMILES string of the molecule is Cc1ccc(CCNCCN(C)C)cc1C. The van der Waals surface area contributed by atoms with Gasteiger partial charge in [0.15, 0.2) is 0 Å². The Morgan fingerprint density at radius 1 is 1.06 bits per heavy atom. The number of benzene rings is 1. The smallest absolute Gasteiger partial charge is 0.0101 e. The van der Waals surface area contributed by atoms with Crippen LogP contribution in [-0.4, -0.2) is 38.6 Å². The van der Waals surface area contributed by atoms with Gasteiger partial charge in [0, 0.05) is 13.1 Å². The zero-order valence-electron chi connectivity index (χ0n) is 11.0. The van der Waals surface area contributed by atoms with Gasteiger partial charge in [0.2, 0.25) is 0 Å². The fourth-order valence-electron chi connectivity index (χ4n) is 1.62. The Bertz CT molecular complexity index is 319. The summed E-state index contributed by atoms with van der Waals surface area (Å²) in [5.41, 5.74) is 4.20. The Morgan fingerprint density at radius 2 is 1.81 bits per heavy atom. The molecule has 2 nitrogen and oxygen atoms in total. The second-order valence-corrected chi connectivity index (χ2v) is 4.72. The summed E-state index contributed by atoms with van der Waals surface area (Å²) in [6.45, 7) is 7.58. The molecule has 1 aromatic carbocycles. The van der Waals surface area contributed by atoms with E-state index in [0.29, 0.717) is 0 Å². The maximum atomic E-state index is 3.46. The Kier molecular flexibility index (Phi) is 5.50. The monoisotopic (exact) mass is 220 g/mol. The molecule has 0 bridgehead atoms. The van der Waals surface area contributed by atoms with Crippen LogP contribution in [0.4, 0.5) is 0 Å². The van der Waals surface area contributed by atoms with Gasteiger partial charge in [-0.3, -0.25) is 0 Å². The Hall–Kier alpha value is -0.860. The Labute approximate surface area is 99.7 Å². The molecule has 0 atom stereocenters. The molecule has 0 aliphatic rings. The summed E-state index contributed by atoms with van der Waals surface area (Å²) >= 11 is 0. The van der Waals surface area contributed by atoms with E-state index in [2.05, 4.69) is 56.4 Å². The number of nitrogens with one attached hydrogen (secondary N) is 1. The molecule has 0 spiro atoms. The third-order valence-electron chi connectivity index (χ3n) is 2.90. The molecule has 1 N–H and O–H groups in total. The normalized spacial score (nSPS) is 11.1. The number of rotatable bonds is 6. The highest BCUT2D eigenvalue weighted by molar-refractivity contribution is 5.29. The minimum absolute atomic E-state index is 1.07. The molecule has 90 valence electrons. The molecule has 2 heteroatoms. The van der Waals surface area contributed by atoms with Crippen molar-refractivity contribution in [3.8, 4) is 0 Å². The third kappa shape index (κ3) is 4.77. The highest BCUT2D eigenvalue weighted by Crippen LogP contribution is 2.09. The van der Waals surface area contributed by atoms with Crippen molar-refractivity contribution in [2.24, 2.45) is 0 Å². The van der Waals surface area contributed by atoms with Crippen LogP contribution in [0.1, 0.15) is 16.7 Å². The highest BCUT2D eigenvalue weighted by atomic mass is 15.1. The lowest BCUT2D eigenvalue weighted by Gasteiger charge is -2.10. The van der Waals surface area contributed by atoms with Crippen LogP contribution in [0.15, 0.2) is 18.2 Å². The summed E-state index contributed by atoms with van der Waals surface area (Å²) in [5.74, 6) is 0. The summed E-state index contributed by atoms with van der Waals surface area (Å²) in [5, 5.41) is 3.46. The van der Waals surface area contributed by atoms with Crippen molar-refractivity contribution in [3.63, 3.8) is 0 Å². The molecule has 1 aromatic rings. The van der Waals surface area contributed by atoms with Crippen molar-refractivity contribution in [3.05, 3.63) is 34.9 Å². The Balaban J connectivity index is 2.24. The maximum absolute atomic E-state index is 3.46. The molecule has 0 fully saturated rings. The zero-order valence-corrected chi connectivity index (χ0v) is 11.0. The first-order valence-corrected chi connectivity index (χ1v) is 6.01. The maximum Gasteiger partial charge on any atom is 0.0101 e. The number of likely N-dealkylation sites (N-methyl/N-ethyl adjacent to an activating group) is 1. The second kappa shape index (κ2) is 6.66. The average molecular weight is 220 g/mol. The van der Waals surface area contributed by atoms with E-state index in [9.17, 15) is 0 Å². The minimum Gasteiger partial charge on any atom is -0.315 e. The van der Waals surface area contributed by atoms with Crippen LogP contribution in [0.3, 0.4) is 0 Å². The number of nitrogens with zero attached hydrogens (tertiary/aromatic N) is 1. The van der Waals surface area contributed by atoms with E-state index in [-0.39, 0.29) is 0 Å². The van der Waals surface area contributed by atoms with Crippen molar-refractivity contribution in [1.29, 1.82) is 0 Å². The molecule has 0 radical (unpaired) electrons. The van der Waals surface area contributed by atoms with Crippen molar-refractivity contribution >= 4 is 0 Å². The number of hydrogen-bond acceptors (Lipinski definition) is 2. The van der Waals surface area contributed by atoms with Gasteiger partial charge in [-0.25, -0.2) is 0 Å². The van der Waals surface area contributed by atoms with Gasteiger partial charge in [0.05, 0.1) is 0 Å². The van der Waals surface area contributed by atoms with Crippen LogP contribution < -0.4 is 5.32 Å². The van der Waals surface area contributed by atoms with Gasteiger partial charge in [-0.05, 0) is 57.6 Å². The van der Waals surface area contributed by atoms with Gasteiger partial charge in [0.1, 0.15) is 0 Å². The molecule has 0 saturated heterocycles. The minimum atomic E-state index is 1.07. The molecular weight excluding hydrogens is 196 g/mol. The van der Waals surface area contributed by atoms with Gasteiger partial charge in [-0.15, -0.1) is 0 Å². The quantitative estimate of drug-likeness (QED) is 0.738. The summed E-state index contributed by atoms with van der Waals surface area (Å²) in [7, 11) is 4.20. The molecule has 16 heavy (non-hydrogen) atoms. The van der Waals surface area contributed by atoms with E-state index >= 15 is 0 Å². The van der Waals surface area contributed by atoms with E-state index in [1.807, 2.05) is 0 Å². The standard InChI is InChI=1S/C14H24N2/c1-12-5-6-14(11-13(12)2)7-8-15-9-10-16(3)4/h5-6,11,15H,7-10H2,1-4H3. The lowest BCUT2D eigenvalue weighted by Crippen LogP contribution is -2.27. The topological polar surface area (TPSA) is 15.3 Å². The molecule has 0 aromatic heterocycles. The molecule has 0 heterocycles. The van der Waals surface area contributed by atoms with Gasteiger partial charge in [0.25, 0.3) is 0 Å². The Morgan fingerprint density at radius 3 is 2.44 bits per heavy atom. The molecule has 0 amide bonds. The molecule has 0 unspecified atom stereocenters. The molecule has 0 saturated carbocycles. The zero-order chi connectivity index (χ0) is 12.0. The van der Waals surface area contributed by atoms with Gasteiger partial charge in [-0.1, -0.05) is 18.2 Å². The predicted molar refractivity (Wildman–Crippen MR) is 71.0 cm³/mol. The van der Waals surface area contributed by atoms with E-state index in [1.54, 1.807) is 0 Å². The van der Waals surface area contributed by atoms with Crippen LogP contribution in [0.5, 0.6) is 0 Å². The summed E-state index contributed by atoms with van der Waals surface area (Å²) in [4.78, 5) is 2.20. The van der Waals surface area contributed by atoms with Gasteiger partial charge in [-0.2, -0.15) is 0 Å². The lowest BCUT2D eigenvalue weighted by molar-refractivity contribution is 0.401. The first-order valence-electron chi connectivity index (χ1n) is 6.01. The molecule has 0 aliphatic heterocycles. The van der Waals surface area contributed by atoms with E-state index < -0.39 is 0 Å². The van der Waals surface area contributed by atoms with E-state index in [1.165, 1.54) is 16.7 Å². The van der Waals surface area contributed by atoms with Crippen LogP contribution in [-0.2, 0) is 6.42 Å². The second-order valence-electron chi connectivity index (χ2n) is 4.72. The largest absolute Gasteiger partial charge is 0.315 e. The summed E-state index contributed by atoms with van der Waals surface area (Å²) < 4.78 is 0. The van der Waals surface area contributed by atoms with Crippen molar-refractivity contribution in [2.75, 3.05) is 33.7 Å². The van der Waals surface area contributed by atoms with Gasteiger partial charge < -0.3 is 10.2 Å². The van der Waals surface area contributed by atoms with Crippen LogP contribution in [0.25, 0.3) is 0 Å². The van der Waals surface area contributed by atoms with Crippen LogP contribution in [0.2, 0.25) is 0 Å². The summed E-state index contributed by atoms with van der Waals surface area (Å²) in [6, 6.07) is 6.74. The summed E-state index contributed by atoms with van der Waals surface area (Å²) in [6.07, 6.45) is 1.12. The van der Waals surface area contributed by atoms with Crippen LogP contribution in [0, 0.1) is 13.8 Å².